The van der Waals surface area contributed by atoms with Gasteiger partial charge in [-0.1, -0.05) is 281 Å². The van der Waals surface area contributed by atoms with Gasteiger partial charge in [-0.2, -0.15) is 0 Å². The van der Waals surface area contributed by atoms with Crippen molar-refractivity contribution in [2.45, 2.75) is 315 Å². The SMILES string of the molecule is CCCCCCCCCCC/C=C\C/C=C\CCCCCCCCCCCCCC(=O)NC(CO)C(O)/C=C/CCCCCCCCCCCCCCCCCCCCCC. The molecule has 0 aliphatic rings. The molecule has 0 aliphatic heterocycles. The third kappa shape index (κ3) is 49.5. The van der Waals surface area contributed by atoms with Crippen molar-refractivity contribution in [1.82, 2.24) is 5.32 Å². The van der Waals surface area contributed by atoms with E-state index >= 15 is 0 Å². The number of aliphatic hydroxyl groups is 2. The van der Waals surface area contributed by atoms with Crippen LogP contribution >= 0.6 is 0 Å². The highest BCUT2D eigenvalue weighted by molar-refractivity contribution is 5.76. The maximum atomic E-state index is 12.5. The van der Waals surface area contributed by atoms with Gasteiger partial charge in [0.05, 0.1) is 18.8 Å². The minimum Gasteiger partial charge on any atom is -0.394 e. The first kappa shape index (κ1) is 59.6. The molecule has 0 saturated heterocycles. The van der Waals surface area contributed by atoms with Crippen LogP contribution in [0.5, 0.6) is 0 Å². The Hall–Kier alpha value is -1.39. The molecule has 0 aromatic heterocycles. The molecule has 3 N–H and O–H groups in total. The summed E-state index contributed by atoms with van der Waals surface area (Å²) >= 11 is 0. The van der Waals surface area contributed by atoms with Crippen molar-refractivity contribution in [2.75, 3.05) is 6.61 Å². The van der Waals surface area contributed by atoms with Gasteiger partial charge in [-0.05, 0) is 51.4 Å². The Morgan fingerprint density at radius 1 is 0.393 bits per heavy atom. The number of carbonyl (C=O) groups is 1. The minimum absolute atomic E-state index is 0.0625. The van der Waals surface area contributed by atoms with Gasteiger partial charge in [0.15, 0.2) is 0 Å². The van der Waals surface area contributed by atoms with E-state index in [1.807, 2.05) is 6.08 Å². The standard InChI is InChI=1S/C57H109NO3/c1-3-5-7-9-11-13-15-17-19-21-23-25-27-28-29-30-31-33-35-37-39-41-43-45-47-49-51-53-57(61)58-55(54-59)56(60)52-50-48-46-44-42-40-38-36-34-32-26-24-22-20-18-16-14-12-10-8-6-4-2/h23,25,28-29,50,52,55-56,59-60H,3-22,24,26-27,30-49,51,53-54H2,1-2H3,(H,58,61)/b25-23-,29-28-,52-50+. The highest BCUT2D eigenvalue weighted by Gasteiger charge is 2.18. The summed E-state index contributed by atoms with van der Waals surface area (Å²) in [6, 6.07) is -0.624. The van der Waals surface area contributed by atoms with Gasteiger partial charge in [0.2, 0.25) is 5.91 Å². The van der Waals surface area contributed by atoms with Crippen molar-refractivity contribution >= 4 is 5.91 Å². The van der Waals surface area contributed by atoms with E-state index in [0.717, 1.165) is 32.1 Å². The second-order valence-electron chi connectivity index (χ2n) is 19.0. The van der Waals surface area contributed by atoms with Gasteiger partial charge in [0.25, 0.3) is 0 Å². The van der Waals surface area contributed by atoms with Crippen LogP contribution in [0.25, 0.3) is 0 Å². The molecule has 61 heavy (non-hydrogen) atoms. The van der Waals surface area contributed by atoms with Crippen LogP contribution in [-0.4, -0.2) is 34.9 Å². The normalized spacial score (nSPS) is 13.0. The topological polar surface area (TPSA) is 69.6 Å². The molecular formula is C57H109NO3. The molecule has 2 unspecified atom stereocenters. The Balaban J connectivity index is 3.50. The lowest BCUT2D eigenvalue weighted by molar-refractivity contribution is -0.123. The van der Waals surface area contributed by atoms with Crippen LogP contribution in [0.1, 0.15) is 303 Å². The molecule has 0 rings (SSSR count). The van der Waals surface area contributed by atoms with E-state index in [-0.39, 0.29) is 12.5 Å². The molecule has 0 radical (unpaired) electrons. The fourth-order valence-corrected chi connectivity index (χ4v) is 8.62. The van der Waals surface area contributed by atoms with Gasteiger partial charge in [-0.25, -0.2) is 0 Å². The van der Waals surface area contributed by atoms with E-state index in [4.69, 9.17) is 0 Å². The largest absolute Gasteiger partial charge is 0.394 e. The van der Waals surface area contributed by atoms with Gasteiger partial charge in [-0.3, -0.25) is 4.79 Å². The zero-order valence-corrected chi connectivity index (χ0v) is 41.4. The summed E-state index contributed by atoms with van der Waals surface area (Å²) < 4.78 is 0. The summed E-state index contributed by atoms with van der Waals surface area (Å²) in [6.45, 7) is 4.34. The van der Waals surface area contributed by atoms with Crippen molar-refractivity contribution in [3.8, 4) is 0 Å². The van der Waals surface area contributed by atoms with Gasteiger partial charge in [0, 0.05) is 6.42 Å². The molecule has 2 atom stereocenters. The van der Waals surface area contributed by atoms with E-state index in [0.29, 0.717) is 6.42 Å². The second-order valence-corrected chi connectivity index (χ2v) is 19.0. The first-order valence-electron chi connectivity index (χ1n) is 27.7. The molecule has 1 amide bonds. The Bertz CT molecular complexity index is 928. The maximum Gasteiger partial charge on any atom is 0.220 e. The predicted octanol–water partition coefficient (Wildman–Crippen LogP) is 18.1. The quantitative estimate of drug-likeness (QED) is 0.0422. The van der Waals surface area contributed by atoms with E-state index in [2.05, 4.69) is 43.5 Å². The lowest BCUT2D eigenvalue weighted by Crippen LogP contribution is -2.45. The van der Waals surface area contributed by atoms with Crippen LogP contribution in [0.3, 0.4) is 0 Å². The van der Waals surface area contributed by atoms with Crippen molar-refractivity contribution in [3.63, 3.8) is 0 Å². The summed E-state index contributed by atoms with van der Waals surface area (Å²) in [5.41, 5.74) is 0. The van der Waals surface area contributed by atoms with Crippen molar-refractivity contribution < 1.29 is 15.0 Å². The Kier molecular flexibility index (Phi) is 51.7. The van der Waals surface area contributed by atoms with Crippen LogP contribution in [0.4, 0.5) is 0 Å². The maximum absolute atomic E-state index is 12.5. The number of allylic oxidation sites excluding steroid dienone is 5. The fourth-order valence-electron chi connectivity index (χ4n) is 8.62. The summed E-state index contributed by atoms with van der Waals surface area (Å²) in [6.07, 6.45) is 71.5. The molecular weight excluding hydrogens is 747 g/mol. The van der Waals surface area contributed by atoms with Crippen LogP contribution in [-0.2, 0) is 4.79 Å². The first-order chi connectivity index (χ1) is 30.2. The number of aliphatic hydroxyl groups excluding tert-OH is 2. The van der Waals surface area contributed by atoms with E-state index < -0.39 is 12.1 Å². The van der Waals surface area contributed by atoms with E-state index in [1.54, 1.807) is 6.08 Å². The van der Waals surface area contributed by atoms with Crippen LogP contribution in [0.2, 0.25) is 0 Å². The first-order valence-corrected chi connectivity index (χ1v) is 27.7. The summed E-state index contributed by atoms with van der Waals surface area (Å²) in [7, 11) is 0. The zero-order valence-electron chi connectivity index (χ0n) is 41.4. The van der Waals surface area contributed by atoms with Gasteiger partial charge in [-0.15, -0.1) is 0 Å². The highest BCUT2D eigenvalue weighted by atomic mass is 16.3. The van der Waals surface area contributed by atoms with Crippen molar-refractivity contribution in [2.24, 2.45) is 0 Å². The monoisotopic (exact) mass is 856 g/mol. The number of unbranched alkanes of at least 4 members (excludes halogenated alkanes) is 40. The highest BCUT2D eigenvalue weighted by Crippen LogP contribution is 2.17. The van der Waals surface area contributed by atoms with Crippen molar-refractivity contribution in [1.29, 1.82) is 0 Å². The lowest BCUT2D eigenvalue weighted by Gasteiger charge is -2.20. The minimum atomic E-state index is -0.840. The second kappa shape index (κ2) is 53.0. The Morgan fingerprint density at radius 3 is 0.984 bits per heavy atom. The Labute approximate surface area is 382 Å². The molecule has 0 spiro atoms. The number of nitrogens with one attached hydrogen (secondary N) is 1. The number of carbonyl (C=O) groups excluding carboxylic acids is 1. The Morgan fingerprint density at radius 2 is 0.672 bits per heavy atom. The van der Waals surface area contributed by atoms with Crippen LogP contribution in [0.15, 0.2) is 36.5 Å². The van der Waals surface area contributed by atoms with Gasteiger partial charge >= 0.3 is 0 Å². The number of hydrogen-bond acceptors (Lipinski definition) is 3. The summed E-state index contributed by atoms with van der Waals surface area (Å²) in [5, 5.41) is 23.2. The van der Waals surface area contributed by atoms with E-state index in [1.165, 1.54) is 250 Å². The molecule has 0 saturated carbocycles. The molecule has 4 nitrogen and oxygen atoms in total. The molecule has 0 aromatic carbocycles. The average Bonchev–Trinajstić information content (AvgIpc) is 3.26. The zero-order chi connectivity index (χ0) is 44.2. The molecule has 0 aliphatic carbocycles. The number of rotatable bonds is 51. The van der Waals surface area contributed by atoms with Crippen molar-refractivity contribution in [3.05, 3.63) is 36.5 Å². The molecule has 4 heteroatoms. The smallest absolute Gasteiger partial charge is 0.220 e. The molecule has 0 bridgehead atoms. The number of hydrogen-bond donors (Lipinski definition) is 3. The van der Waals surface area contributed by atoms with Gasteiger partial charge < -0.3 is 15.5 Å². The van der Waals surface area contributed by atoms with Gasteiger partial charge in [0.1, 0.15) is 0 Å². The molecule has 0 aromatic rings. The van der Waals surface area contributed by atoms with Crippen LogP contribution < -0.4 is 5.32 Å². The third-order valence-electron chi connectivity index (χ3n) is 12.9. The predicted molar refractivity (Wildman–Crippen MR) is 272 cm³/mol. The number of amides is 1. The average molecular weight is 857 g/mol. The summed E-state index contributed by atoms with van der Waals surface area (Å²) in [5.74, 6) is -0.0625. The molecule has 360 valence electrons. The molecule has 0 fully saturated rings. The third-order valence-corrected chi connectivity index (χ3v) is 12.9. The van der Waals surface area contributed by atoms with E-state index in [9.17, 15) is 15.0 Å². The summed E-state index contributed by atoms with van der Waals surface area (Å²) in [4.78, 5) is 12.5. The lowest BCUT2D eigenvalue weighted by atomic mass is 10.0. The molecule has 0 heterocycles. The fraction of sp³-hybridized carbons (Fsp3) is 0.877. The van der Waals surface area contributed by atoms with Crippen LogP contribution in [0, 0.1) is 0 Å².